The smallest absolute Gasteiger partial charge is 0.417 e. The van der Waals surface area contributed by atoms with Gasteiger partial charge in [-0.25, -0.2) is 0 Å². The molecular formula is C26H25F3N2O4. The van der Waals surface area contributed by atoms with Gasteiger partial charge in [0.1, 0.15) is 11.9 Å². The van der Waals surface area contributed by atoms with E-state index in [-0.39, 0.29) is 25.0 Å². The van der Waals surface area contributed by atoms with Gasteiger partial charge in [0.15, 0.2) is 0 Å². The fourth-order valence-corrected chi connectivity index (χ4v) is 3.39. The van der Waals surface area contributed by atoms with Crippen molar-refractivity contribution in [2.45, 2.75) is 38.5 Å². The van der Waals surface area contributed by atoms with E-state index < -0.39 is 17.7 Å². The number of amides is 1. The summed E-state index contributed by atoms with van der Waals surface area (Å²) in [6, 6.07) is 16.2. The van der Waals surface area contributed by atoms with Gasteiger partial charge < -0.3 is 15.2 Å². The van der Waals surface area contributed by atoms with Crippen LogP contribution in [0, 0.1) is 0 Å². The highest BCUT2D eigenvalue weighted by Gasteiger charge is 2.30. The maximum atomic E-state index is 12.8. The van der Waals surface area contributed by atoms with Gasteiger partial charge in [0, 0.05) is 23.9 Å². The first kappa shape index (κ1) is 25.7. The maximum Gasteiger partial charge on any atom is 0.417 e. The van der Waals surface area contributed by atoms with E-state index in [1.807, 2.05) is 19.1 Å². The number of nitrogens with one attached hydrogen (secondary N) is 1. The Labute approximate surface area is 200 Å². The molecule has 1 atom stereocenters. The summed E-state index contributed by atoms with van der Waals surface area (Å²) in [5.74, 6) is -0.783. The number of aliphatic carboxylic acids is 1. The van der Waals surface area contributed by atoms with Gasteiger partial charge in [-0.15, -0.1) is 0 Å². The van der Waals surface area contributed by atoms with Crippen LogP contribution >= 0.6 is 0 Å². The predicted molar refractivity (Wildman–Crippen MR) is 124 cm³/mol. The molecule has 1 unspecified atom stereocenters. The van der Waals surface area contributed by atoms with E-state index in [1.165, 1.54) is 6.07 Å². The van der Waals surface area contributed by atoms with Crippen molar-refractivity contribution in [3.8, 4) is 17.0 Å². The van der Waals surface area contributed by atoms with Gasteiger partial charge in [-0.2, -0.15) is 13.2 Å². The van der Waals surface area contributed by atoms with Crippen LogP contribution in [0.3, 0.4) is 0 Å². The highest BCUT2D eigenvalue weighted by Crippen LogP contribution is 2.31. The van der Waals surface area contributed by atoms with Crippen LogP contribution in [0.25, 0.3) is 11.3 Å². The molecule has 2 aromatic carbocycles. The molecule has 0 bridgehead atoms. The number of carboxylic acid groups (broad SMARTS) is 1. The van der Waals surface area contributed by atoms with Crippen LogP contribution in [0.5, 0.6) is 5.75 Å². The molecule has 0 spiro atoms. The summed E-state index contributed by atoms with van der Waals surface area (Å²) in [5, 5.41) is 11.2. The molecule has 1 amide bonds. The van der Waals surface area contributed by atoms with Gasteiger partial charge in [0.05, 0.1) is 17.7 Å². The number of pyridine rings is 1. The monoisotopic (exact) mass is 486 g/mol. The average Bonchev–Trinajstić information content (AvgIpc) is 2.83. The number of nitrogens with zero attached hydrogens (tertiary/aromatic N) is 1. The number of hydrogen-bond donors (Lipinski definition) is 2. The van der Waals surface area contributed by atoms with E-state index in [1.54, 1.807) is 36.4 Å². The zero-order valence-electron chi connectivity index (χ0n) is 19.0. The number of ether oxygens (including phenoxy) is 1. The number of rotatable bonds is 10. The normalized spacial score (nSPS) is 12.1. The number of alkyl halides is 3. The number of carbonyl (C=O) groups is 2. The van der Waals surface area contributed by atoms with Crippen molar-refractivity contribution >= 4 is 11.9 Å². The summed E-state index contributed by atoms with van der Waals surface area (Å²) in [4.78, 5) is 26.6. The number of aromatic nitrogens is 1. The van der Waals surface area contributed by atoms with Crippen molar-refractivity contribution in [1.29, 1.82) is 0 Å². The fourth-order valence-electron chi connectivity index (χ4n) is 3.39. The molecule has 3 rings (SSSR count). The van der Waals surface area contributed by atoms with Gasteiger partial charge in [0.25, 0.3) is 5.91 Å². The Hall–Kier alpha value is -3.88. The minimum absolute atomic E-state index is 0.0446. The summed E-state index contributed by atoms with van der Waals surface area (Å²) in [5.41, 5.74) is 1.63. The molecule has 9 heteroatoms. The van der Waals surface area contributed by atoms with Gasteiger partial charge >= 0.3 is 12.1 Å². The lowest BCUT2D eigenvalue weighted by Gasteiger charge is -2.20. The zero-order valence-corrected chi connectivity index (χ0v) is 19.0. The minimum Gasteiger partial charge on any atom is -0.486 e. The van der Waals surface area contributed by atoms with Crippen LogP contribution < -0.4 is 10.1 Å². The molecule has 6 nitrogen and oxygen atoms in total. The molecule has 1 heterocycles. The third-order valence-corrected chi connectivity index (χ3v) is 5.24. The second kappa shape index (κ2) is 11.5. The Morgan fingerprint density at radius 2 is 1.71 bits per heavy atom. The lowest BCUT2D eigenvalue weighted by Crippen LogP contribution is -2.25. The van der Waals surface area contributed by atoms with E-state index >= 15 is 0 Å². The first-order chi connectivity index (χ1) is 16.7. The van der Waals surface area contributed by atoms with Crippen LogP contribution in [0.1, 0.15) is 53.8 Å². The molecule has 0 aliphatic carbocycles. The molecule has 35 heavy (non-hydrogen) atoms. The van der Waals surface area contributed by atoms with Gasteiger partial charge in [0.2, 0.25) is 0 Å². The molecule has 3 aromatic rings. The van der Waals surface area contributed by atoms with Gasteiger partial charge in [-0.3, -0.25) is 14.6 Å². The summed E-state index contributed by atoms with van der Waals surface area (Å²) in [6.45, 7) is 2.07. The molecule has 0 fully saturated rings. The van der Waals surface area contributed by atoms with Gasteiger partial charge in [-0.1, -0.05) is 37.6 Å². The van der Waals surface area contributed by atoms with Crippen molar-refractivity contribution in [2.24, 2.45) is 0 Å². The Morgan fingerprint density at radius 3 is 2.26 bits per heavy atom. The van der Waals surface area contributed by atoms with E-state index in [0.717, 1.165) is 30.7 Å². The summed E-state index contributed by atoms with van der Waals surface area (Å²) < 4.78 is 44.4. The lowest BCUT2D eigenvalue weighted by molar-refractivity contribution is -0.138. The van der Waals surface area contributed by atoms with Crippen molar-refractivity contribution in [2.75, 3.05) is 6.54 Å². The van der Waals surface area contributed by atoms with E-state index in [9.17, 15) is 22.8 Å². The molecule has 0 radical (unpaired) electrons. The zero-order chi connectivity index (χ0) is 25.4. The number of hydrogen-bond acceptors (Lipinski definition) is 4. The standard InChI is InChI=1S/C26H25F3N2O4/c1-2-3-23(35-21-11-8-19(9-12-21)25(34)30-15-14-24(32)33)18-6-4-17(5-7-18)22-13-10-20(16-31-22)26(27,28)29/h4-13,16,23H,2-3,14-15H2,1H3,(H,30,34)(H,32,33). The van der Waals surface area contributed by atoms with Crippen LogP contribution in [0.4, 0.5) is 13.2 Å². The Balaban J connectivity index is 1.67. The number of benzene rings is 2. The summed E-state index contributed by atoms with van der Waals surface area (Å²) in [7, 11) is 0. The molecule has 0 aliphatic heterocycles. The predicted octanol–water partition coefficient (Wildman–Crippen LogP) is 5.89. The largest absolute Gasteiger partial charge is 0.486 e. The molecular weight excluding hydrogens is 461 g/mol. The third-order valence-electron chi connectivity index (χ3n) is 5.24. The highest BCUT2D eigenvalue weighted by molar-refractivity contribution is 5.94. The summed E-state index contributed by atoms with van der Waals surface area (Å²) >= 11 is 0. The molecule has 184 valence electrons. The lowest BCUT2D eigenvalue weighted by atomic mass is 10.0. The highest BCUT2D eigenvalue weighted by atomic mass is 19.4. The number of halogens is 3. The maximum absolute atomic E-state index is 12.8. The third kappa shape index (κ3) is 7.30. The number of carboxylic acids is 1. The molecule has 0 saturated carbocycles. The van der Waals surface area contributed by atoms with Crippen molar-refractivity contribution in [1.82, 2.24) is 10.3 Å². The van der Waals surface area contributed by atoms with Crippen LogP contribution in [-0.4, -0.2) is 28.5 Å². The second-order valence-electron chi connectivity index (χ2n) is 7.87. The molecule has 1 aromatic heterocycles. The molecule has 0 aliphatic rings. The summed E-state index contributed by atoms with van der Waals surface area (Å²) in [6.07, 6.45) is -2.43. The van der Waals surface area contributed by atoms with Crippen LogP contribution in [-0.2, 0) is 11.0 Å². The van der Waals surface area contributed by atoms with Gasteiger partial charge in [-0.05, 0) is 48.4 Å². The van der Waals surface area contributed by atoms with E-state index in [2.05, 4.69) is 10.3 Å². The van der Waals surface area contributed by atoms with E-state index in [0.29, 0.717) is 22.6 Å². The first-order valence-electron chi connectivity index (χ1n) is 11.1. The van der Waals surface area contributed by atoms with Crippen molar-refractivity contribution in [3.05, 3.63) is 83.6 Å². The quantitative estimate of drug-likeness (QED) is 0.373. The average molecular weight is 486 g/mol. The van der Waals surface area contributed by atoms with Crippen LogP contribution in [0.2, 0.25) is 0 Å². The Kier molecular flexibility index (Phi) is 8.46. The van der Waals surface area contributed by atoms with E-state index in [4.69, 9.17) is 9.84 Å². The Morgan fingerprint density at radius 1 is 1.03 bits per heavy atom. The molecule has 2 N–H and O–H groups in total. The van der Waals surface area contributed by atoms with Crippen molar-refractivity contribution in [3.63, 3.8) is 0 Å². The second-order valence-corrected chi connectivity index (χ2v) is 7.87. The van der Waals surface area contributed by atoms with Crippen molar-refractivity contribution < 1.29 is 32.6 Å². The number of carbonyl (C=O) groups excluding carboxylic acids is 1. The first-order valence-corrected chi connectivity index (χ1v) is 11.1. The SMILES string of the molecule is CCCC(Oc1ccc(C(=O)NCCC(=O)O)cc1)c1ccc(-c2ccc(C(F)(F)F)cn2)cc1. The van der Waals surface area contributed by atoms with Crippen LogP contribution in [0.15, 0.2) is 66.9 Å². The Bertz CT molecular complexity index is 1130. The fraction of sp³-hybridized carbons (Fsp3) is 0.269. The molecule has 0 saturated heterocycles. The topological polar surface area (TPSA) is 88.5 Å². The minimum atomic E-state index is -4.43.